The Balaban J connectivity index is 2.05. The largest absolute Gasteiger partial charge is 0.486 e. The van der Waals surface area contributed by atoms with Crippen LogP contribution < -0.4 is 9.46 Å². The van der Waals surface area contributed by atoms with E-state index >= 15 is 0 Å². The third-order valence-corrected chi connectivity index (χ3v) is 8.63. The minimum atomic E-state index is -3.90. The van der Waals surface area contributed by atoms with Crippen molar-refractivity contribution in [3.63, 3.8) is 0 Å². The Hall–Kier alpha value is -2.38. The lowest BCUT2D eigenvalue weighted by Gasteiger charge is -2.38. The molecule has 0 saturated heterocycles. The number of ether oxygens (including phenoxy) is 1. The number of halogens is 1. The van der Waals surface area contributed by atoms with Crippen LogP contribution in [0.4, 0.5) is 5.69 Å². The molecule has 13 heteroatoms. The SMILES string of the molecule is C[C@H]1CN([C@@H](C)CO)C(=O)c2cccc(NS(C)(=O)=O)c2O[C@@H]1CN(C)S(=O)(=O)c1ccc(Cl)cc1. The highest BCUT2D eigenvalue weighted by Gasteiger charge is 2.36. The first kappa shape index (κ1) is 28.2. The van der Waals surface area contributed by atoms with Gasteiger partial charge in [0.1, 0.15) is 6.10 Å². The molecular formula is C23H30ClN3O7S2. The molecule has 0 saturated carbocycles. The highest BCUT2D eigenvalue weighted by Crippen LogP contribution is 2.35. The summed E-state index contributed by atoms with van der Waals surface area (Å²) in [7, 11) is -6.19. The van der Waals surface area contributed by atoms with Crippen LogP contribution in [0.2, 0.25) is 5.02 Å². The van der Waals surface area contributed by atoms with Crippen LogP contribution in [0.3, 0.4) is 0 Å². The van der Waals surface area contributed by atoms with Crippen LogP contribution in [0.25, 0.3) is 0 Å². The topological polar surface area (TPSA) is 133 Å². The van der Waals surface area contributed by atoms with Crippen molar-refractivity contribution in [2.24, 2.45) is 5.92 Å². The van der Waals surface area contributed by atoms with Gasteiger partial charge in [-0.25, -0.2) is 16.8 Å². The Morgan fingerprint density at radius 1 is 1.19 bits per heavy atom. The summed E-state index contributed by atoms with van der Waals surface area (Å²) in [6.45, 7) is 3.30. The van der Waals surface area contributed by atoms with Gasteiger partial charge in [0.05, 0.1) is 41.6 Å². The molecule has 36 heavy (non-hydrogen) atoms. The molecule has 2 N–H and O–H groups in total. The van der Waals surface area contributed by atoms with Crippen LogP contribution in [-0.4, -0.2) is 82.2 Å². The van der Waals surface area contributed by atoms with Gasteiger partial charge in [-0.15, -0.1) is 0 Å². The number of carbonyl (C=O) groups is 1. The Labute approximate surface area is 216 Å². The number of hydrogen-bond donors (Lipinski definition) is 2. The van der Waals surface area contributed by atoms with E-state index in [4.69, 9.17) is 16.3 Å². The number of fused-ring (bicyclic) bond motifs is 1. The Kier molecular flexibility index (Phi) is 8.56. The number of amides is 1. The molecule has 0 radical (unpaired) electrons. The zero-order valence-electron chi connectivity index (χ0n) is 20.4. The van der Waals surface area contributed by atoms with Gasteiger partial charge in [-0.2, -0.15) is 4.31 Å². The van der Waals surface area contributed by atoms with Gasteiger partial charge in [0, 0.05) is 24.5 Å². The molecule has 198 valence electrons. The molecule has 0 unspecified atom stereocenters. The number of benzene rings is 2. The second kappa shape index (κ2) is 10.9. The van der Waals surface area contributed by atoms with E-state index in [1.165, 1.54) is 54.4 Å². The van der Waals surface area contributed by atoms with Gasteiger partial charge >= 0.3 is 0 Å². The number of para-hydroxylation sites is 1. The van der Waals surface area contributed by atoms with Gasteiger partial charge in [-0.3, -0.25) is 9.52 Å². The lowest BCUT2D eigenvalue weighted by Crippen LogP contribution is -2.50. The van der Waals surface area contributed by atoms with E-state index in [2.05, 4.69) is 4.72 Å². The molecule has 0 fully saturated rings. The molecule has 2 aromatic rings. The number of rotatable bonds is 8. The second-order valence-electron chi connectivity index (χ2n) is 8.92. The first-order valence-corrected chi connectivity index (χ1v) is 14.9. The molecule has 10 nitrogen and oxygen atoms in total. The van der Waals surface area contributed by atoms with Crippen molar-refractivity contribution in [3.05, 3.63) is 53.1 Å². The molecular weight excluding hydrogens is 530 g/mol. The maximum Gasteiger partial charge on any atom is 0.258 e. The smallest absolute Gasteiger partial charge is 0.258 e. The predicted octanol–water partition coefficient (Wildman–Crippen LogP) is 2.25. The third kappa shape index (κ3) is 6.30. The Bertz CT molecular complexity index is 1320. The highest BCUT2D eigenvalue weighted by molar-refractivity contribution is 7.92. The molecule has 0 aromatic heterocycles. The lowest BCUT2D eigenvalue weighted by molar-refractivity contribution is 0.0389. The van der Waals surface area contributed by atoms with Gasteiger partial charge in [0.25, 0.3) is 5.91 Å². The number of likely N-dealkylation sites (N-methyl/N-ethyl adjacent to an activating group) is 1. The molecule has 2 aromatic carbocycles. The summed E-state index contributed by atoms with van der Waals surface area (Å²) in [5.74, 6) is -0.821. The second-order valence-corrected chi connectivity index (χ2v) is 13.1. The third-order valence-electron chi connectivity index (χ3n) is 5.95. The van der Waals surface area contributed by atoms with Crippen LogP contribution in [0.15, 0.2) is 47.4 Å². The van der Waals surface area contributed by atoms with Crippen molar-refractivity contribution in [1.29, 1.82) is 0 Å². The minimum Gasteiger partial charge on any atom is -0.486 e. The number of carbonyl (C=O) groups excluding carboxylic acids is 1. The van der Waals surface area contributed by atoms with Crippen LogP contribution in [-0.2, 0) is 20.0 Å². The summed E-state index contributed by atoms with van der Waals surface area (Å²) >= 11 is 5.89. The number of hydrogen-bond acceptors (Lipinski definition) is 7. The van der Waals surface area contributed by atoms with E-state index in [9.17, 15) is 26.7 Å². The number of anilines is 1. The summed E-state index contributed by atoms with van der Waals surface area (Å²) in [6.07, 6.45) is 0.212. The number of aliphatic hydroxyl groups excluding tert-OH is 1. The predicted molar refractivity (Wildman–Crippen MR) is 137 cm³/mol. The summed E-state index contributed by atoms with van der Waals surface area (Å²) < 4.78 is 60.1. The number of aliphatic hydroxyl groups is 1. The van der Waals surface area contributed by atoms with Crippen molar-refractivity contribution < 1.29 is 31.5 Å². The molecule has 1 aliphatic heterocycles. The summed E-state index contributed by atoms with van der Waals surface area (Å²) in [5, 5.41) is 10.2. The molecule has 0 spiro atoms. The molecule has 1 amide bonds. The summed E-state index contributed by atoms with van der Waals surface area (Å²) in [4.78, 5) is 14.9. The van der Waals surface area contributed by atoms with Crippen molar-refractivity contribution in [1.82, 2.24) is 9.21 Å². The summed E-state index contributed by atoms with van der Waals surface area (Å²) in [5.41, 5.74) is 0.159. The van der Waals surface area contributed by atoms with Gasteiger partial charge < -0.3 is 14.7 Å². The van der Waals surface area contributed by atoms with Crippen molar-refractivity contribution in [2.75, 3.05) is 37.7 Å². The molecule has 3 rings (SSSR count). The normalized spacial score (nSPS) is 19.8. The van der Waals surface area contributed by atoms with E-state index in [0.29, 0.717) is 5.02 Å². The zero-order valence-corrected chi connectivity index (χ0v) is 22.8. The standard InChI is InChI=1S/C23H30ClN3O7S2/c1-15-12-27(16(2)14-28)23(29)19-6-5-7-20(25-35(4,30)31)22(19)34-21(15)13-26(3)36(32,33)18-10-8-17(24)9-11-18/h5-11,15-16,21,25,28H,12-14H2,1-4H3/t15-,16-,21+/m0/s1. The van der Waals surface area contributed by atoms with E-state index in [1.54, 1.807) is 13.8 Å². The monoisotopic (exact) mass is 559 g/mol. The average Bonchev–Trinajstić information content (AvgIpc) is 2.80. The summed E-state index contributed by atoms with van der Waals surface area (Å²) in [6, 6.07) is 9.73. The van der Waals surface area contributed by atoms with Crippen LogP contribution in [0.1, 0.15) is 24.2 Å². The van der Waals surface area contributed by atoms with Crippen LogP contribution in [0, 0.1) is 5.92 Å². The van der Waals surface area contributed by atoms with Gasteiger partial charge in [0.2, 0.25) is 20.0 Å². The first-order chi connectivity index (χ1) is 16.7. The average molecular weight is 560 g/mol. The maximum absolute atomic E-state index is 13.4. The van der Waals surface area contributed by atoms with Gasteiger partial charge in [-0.05, 0) is 43.3 Å². The maximum atomic E-state index is 13.4. The quantitative estimate of drug-likeness (QED) is 0.506. The first-order valence-electron chi connectivity index (χ1n) is 11.2. The van der Waals surface area contributed by atoms with Crippen molar-refractivity contribution >= 4 is 43.2 Å². The number of nitrogens with zero attached hydrogens (tertiary/aromatic N) is 2. The zero-order chi connectivity index (χ0) is 26.8. The van der Waals surface area contributed by atoms with Gasteiger partial charge in [-0.1, -0.05) is 24.6 Å². The fourth-order valence-corrected chi connectivity index (χ4v) is 5.75. The highest BCUT2D eigenvalue weighted by atomic mass is 35.5. The Morgan fingerprint density at radius 3 is 2.42 bits per heavy atom. The molecule has 3 atom stereocenters. The molecule has 1 aliphatic rings. The van der Waals surface area contributed by atoms with Crippen molar-refractivity contribution in [3.8, 4) is 5.75 Å². The van der Waals surface area contributed by atoms with Crippen LogP contribution >= 0.6 is 11.6 Å². The Morgan fingerprint density at radius 2 is 1.83 bits per heavy atom. The van der Waals surface area contributed by atoms with Crippen LogP contribution in [0.5, 0.6) is 5.75 Å². The van der Waals surface area contributed by atoms with E-state index in [0.717, 1.165) is 10.6 Å². The fourth-order valence-electron chi connectivity index (χ4n) is 3.88. The van der Waals surface area contributed by atoms with E-state index in [1.807, 2.05) is 0 Å². The molecule has 0 aliphatic carbocycles. The van der Waals surface area contributed by atoms with Gasteiger partial charge in [0.15, 0.2) is 5.75 Å². The lowest BCUT2D eigenvalue weighted by atomic mass is 9.99. The minimum absolute atomic E-state index is 0.00287. The number of sulfonamides is 2. The van der Waals surface area contributed by atoms with E-state index in [-0.39, 0.29) is 47.5 Å². The van der Waals surface area contributed by atoms with E-state index < -0.39 is 38.1 Å². The van der Waals surface area contributed by atoms with Crippen molar-refractivity contribution in [2.45, 2.75) is 30.9 Å². The molecule has 0 bridgehead atoms. The molecule has 1 heterocycles. The fraction of sp³-hybridized carbons (Fsp3) is 0.435. The number of nitrogens with one attached hydrogen (secondary N) is 1.